The summed E-state index contributed by atoms with van der Waals surface area (Å²) in [4.78, 5) is 12.3. The van der Waals surface area contributed by atoms with Gasteiger partial charge in [-0.3, -0.25) is 4.79 Å². The molecule has 0 saturated carbocycles. The molecule has 0 heterocycles. The SMILES string of the molecule is CCCCCCCC/C=C\CCCC(O)CC(=O)NC(CO)C(O)/C=C/CC/C=C/CC/C=C/CCCCCCCCC. The first-order valence-corrected chi connectivity index (χ1v) is 17.9. The minimum absolute atomic E-state index is 0.0203. The Bertz CT molecular complexity index is 715. The Morgan fingerprint density at radius 1 is 0.581 bits per heavy atom. The molecule has 250 valence electrons. The van der Waals surface area contributed by atoms with Crippen molar-refractivity contribution in [2.24, 2.45) is 0 Å². The number of unbranched alkanes of at least 4 members (excludes halogenated alkanes) is 16. The number of rotatable bonds is 31. The van der Waals surface area contributed by atoms with Crippen molar-refractivity contribution < 1.29 is 20.1 Å². The number of hydrogen-bond donors (Lipinski definition) is 4. The van der Waals surface area contributed by atoms with Gasteiger partial charge in [-0.25, -0.2) is 0 Å². The molecule has 0 aliphatic rings. The summed E-state index contributed by atoms with van der Waals surface area (Å²) >= 11 is 0. The highest BCUT2D eigenvalue weighted by Crippen LogP contribution is 2.11. The first-order chi connectivity index (χ1) is 21.0. The second-order valence-electron chi connectivity index (χ2n) is 12.1. The van der Waals surface area contributed by atoms with Gasteiger partial charge in [0.1, 0.15) is 0 Å². The maximum absolute atomic E-state index is 12.3. The van der Waals surface area contributed by atoms with Gasteiger partial charge in [0, 0.05) is 0 Å². The molecular weight excluding hydrogens is 534 g/mol. The molecule has 3 unspecified atom stereocenters. The van der Waals surface area contributed by atoms with Crippen molar-refractivity contribution in [3.63, 3.8) is 0 Å². The van der Waals surface area contributed by atoms with Crippen molar-refractivity contribution in [3.8, 4) is 0 Å². The predicted octanol–water partition coefficient (Wildman–Crippen LogP) is 9.42. The number of amides is 1. The van der Waals surface area contributed by atoms with Crippen LogP contribution in [-0.4, -0.2) is 46.1 Å². The third kappa shape index (κ3) is 30.1. The molecule has 3 atom stereocenters. The Kier molecular flexibility index (Phi) is 31.9. The van der Waals surface area contributed by atoms with Crippen molar-refractivity contribution in [2.75, 3.05) is 6.61 Å². The number of carbonyl (C=O) groups excluding carboxylic acids is 1. The molecule has 0 aliphatic carbocycles. The fourth-order valence-electron chi connectivity index (χ4n) is 5.02. The topological polar surface area (TPSA) is 89.8 Å². The molecule has 0 aromatic rings. The summed E-state index contributed by atoms with van der Waals surface area (Å²) in [5, 5.41) is 32.9. The molecule has 5 nitrogen and oxygen atoms in total. The maximum atomic E-state index is 12.3. The number of hydrogen-bond acceptors (Lipinski definition) is 4. The first kappa shape index (κ1) is 41.3. The summed E-state index contributed by atoms with van der Waals surface area (Å²) in [6.45, 7) is 4.14. The van der Waals surface area contributed by atoms with Gasteiger partial charge in [0.15, 0.2) is 0 Å². The van der Waals surface area contributed by atoms with E-state index < -0.39 is 18.2 Å². The zero-order valence-corrected chi connectivity index (χ0v) is 28.1. The largest absolute Gasteiger partial charge is 0.394 e. The summed E-state index contributed by atoms with van der Waals surface area (Å²) in [5.74, 6) is -0.350. The number of aliphatic hydroxyl groups is 3. The second kappa shape index (κ2) is 33.2. The van der Waals surface area contributed by atoms with Gasteiger partial charge >= 0.3 is 0 Å². The van der Waals surface area contributed by atoms with Crippen LogP contribution in [0, 0.1) is 0 Å². The Morgan fingerprint density at radius 3 is 1.49 bits per heavy atom. The fraction of sp³-hybridized carbons (Fsp3) is 0.763. The minimum Gasteiger partial charge on any atom is -0.394 e. The molecule has 5 heteroatoms. The lowest BCUT2D eigenvalue weighted by Crippen LogP contribution is -2.45. The molecule has 0 rings (SSSR count). The van der Waals surface area contributed by atoms with Crippen LogP contribution in [0.2, 0.25) is 0 Å². The molecule has 0 fully saturated rings. The summed E-state index contributed by atoms with van der Waals surface area (Å²) in [5.41, 5.74) is 0. The molecule has 4 N–H and O–H groups in total. The Labute approximate surface area is 266 Å². The van der Waals surface area contributed by atoms with Gasteiger partial charge < -0.3 is 20.6 Å². The Balaban J connectivity index is 3.88. The van der Waals surface area contributed by atoms with E-state index >= 15 is 0 Å². The molecule has 0 saturated heterocycles. The van der Waals surface area contributed by atoms with E-state index in [0.717, 1.165) is 44.9 Å². The lowest BCUT2D eigenvalue weighted by atomic mass is 10.1. The third-order valence-electron chi connectivity index (χ3n) is 7.82. The van der Waals surface area contributed by atoms with E-state index in [-0.39, 0.29) is 18.9 Å². The summed E-state index contributed by atoms with van der Waals surface area (Å²) in [6, 6.07) is -0.774. The quantitative estimate of drug-likeness (QED) is 0.0469. The molecule has 43 heavy (non-hydrogen) atoms. The number of aliphatic hydroxyl groups excluding tert-OH is 3. The van der Waals surface area contributed by atoms with Crippen molar-refractivity contribution in [2.45, 2.75) is 180 Å². The van der Waals surface area contributed by atoms with E-state index in [1.54, 1.807) is 6.08 Å². The Hall–Kier alpha value is -1.69. The zero-order chi connectivity index (χ0) is 31.6. The average Bonchev–Trinajstić information content (AvgIpc) is 3.00. The van der Waals surface area contributed by atoms with E-state index in [2.05, 4.69) is 55.6 Å². The molecule has 0 spiro atoms. The fourth-order valence-corrected chi connectivity index (χ4v) is 5.02. The van der Waals surface area contributed by atoms with Crippen LogP contribution in [0.25, 0.3) is 0 Å². The first-order valence-electron chi connectivity index (χ1n) is 17.9. The van der Waals surface area contributed by atoms with Crippen LogP contribution in [0.4, 0.5) is 0 Å². The van der Waals surface area contributed by atoms with Crippen LogP contribution in [0.3, 0.4) is 0 Å². The minimum atomic E-state index is -0.965. The van der Waals surface area contributed by atoms with Crippen LogP contribution >= 0.6 is 0 Å². The van der Waals surface area contributed by atoms with E-state index in [4.69, 9.17) is 0 Å². The number of allylic oxidation sites excluding steroid dienone is 7. The highest BCUT2D eigenvalue weighted by Gasteiger charge is 2.19. The van der Waals surface area contributed by atoms with E-state index in [0.29, 0.717) is 6.42 Å². The third-order valence-corrected chi connectivity index (χ3v) is 7.82. The van der Waals surface area contributed by atoms with Crippen molar-refractivity contribution in [1.82, 2.24) is 5.32 Å². The van der Waals surface area contributed by atoms with Crippen LogP contribution < -0.4 is 5.32 Å². The summed E-state index contributed by atoms with van der Waals surface area (Å²) in [7, 11) is 0. The van der Waals surface area contributed by atoms with Crippen LogP contribution in [0.5, 0.6) is 0 Å². The second-order valence-corrected chi connectivity index (χ2v) is 12.1. The molecule has 0 aromatic carbocycles. The van der Waals surface area contributed by atoms with Gasteiger partial charge in [0.2, 0.25) is 5.91 Å². The highest BCUT2D eigenvalue weighted by molar-refractivity contribution is 5.76. The lowest BCUT2D eigenvalue weighted by molar-refractivity contribution is -0.124. The molecule has 1 amide bonds. The normalized spacial score (nSPS) is 14.4. The van der Waals surface area contributed by atoms with Crippen LogP contribution in [-0.2, 0) is 4.79 Å². The number of nitrogens with one attached hydrogen (secondary N) is 1. The lowest BCUT2D eigenvalue weighted by Gasteiger charge is -2.20. The average molecular weight is 604 g/mol. The zero-order valence-electron chi connectivity index (χ0n) is 28.1. The van der Waals surface area contributed by atoms with Gasteiger partial charge in [0.05, 0.1) is 31.3 Å². The van der Waals surface area contributed by atoms with Crippen LogP contribution in [0.15, 0.2) is 48.6 Å². The van der Waals surface area contributed by atoms with Crippen molar-refractivity contribution in [1.29, 1.82) is 0 Å². The summed E-state index contributed by atoms with van der Waals surface area (Å²) in [6.07, 6.45) is 40.9. The van der Waals surface area contributed by atoms with E-state index in [1.807, 2.05) is 6.08 Å². The Morgan fingerprint density at radius 2 is 1.00 bits per heavy atom. The molecule has 0 radical (unpaired) electrons. The van der Waals surface area contributed by atoms with Crippen molar-refractivity contribution >= 4 is 5.91 Å². The summed E-state index contributed by atoms with van der Waals surface area (Å²) < 4.78 is 0. The van der Waals surface area contributed by atoms with Gasteiger partial charge in [-0.2, -0.15) is 0 Å². The molecular formula is C38H69NO4. The maximum Gasteiger partial charge on any atom is 0.222 e. The van der Waals surface area contributed by atoms with Gasteiger partial charge in [-0.15, -0.1) is 0 Å². The number of carbonyl (C=O) groups is 1. The van der Waals surface area contributed by atoms with E-state index in [1.165, 1.54) is 89.9 Å². The standard InChI is InChI=1S/C38H69NO4/c1-3-5-7-9-11-13-15-16-17-18-19-20-22-24-26-28-30-32-37(42)36(34-40)39-38(43)33-35(41)31-29-27-25-23-21-14-12-10-8-6-4-2/h17-18,22-25,30,32,35-37,40-42H,3-16,19-21,26-29,31,33-34H2,1-2H3,(H,39,43)/b18-17+,24-22+,25-23-,32-30+. The smallest absolute Gasteiger partial charge is 0.222 e. The van der Waals surface area contributed by atoms with Crippen LogP contribution in [0.1, 0.15) is 162 Å². The van der Waals surface area contributed by atoms with Gasteiger partial charge in [-0.1, -0.05) is 133 Å². The highest BCUT2D eigenvalue weighted by atomic mass is 16.3. The van der Waals surface area contributed by atoms with Gasteiger partial charge in [-0.05, 0) is 70.6 Å². The predicted molar refractivity (Wildman–Crippen MR) is 185 cm³/mol. The monoisotopic (exact) mass is 604 g/mol. The van der Waals surface area contributed by atoms with E-state index in [9.17, 15) is 20.1 Å². The van der Waals surface area contributed by atoms with Gasteiger partial charge in [0.25, 0.3) is 0 Å². The molecule has 0 aromatic heterocycles. The molecule has 0 aliphatic heterocycles. The van der Waals surface area contributed by atoms with Crippen molar-refractivity contribution in [3.05, 3.63) is 48.6 Å². The molecule has 0 bridgehead atoms.